The summed E-state index contributed by atoms with van der Waals surface area (Å²) < 4.78 is 45.1. The van der Waals surface area contributed by atoms with Crippen LogP contribution in [-0.4, -0.2) is 52.8 Å². The van der Waals surface area contributed by atoms with E-state index in [9.17, 15) is 8.42 Å². The van der Waals surface area contributed by atoms with Crippen LogP contribution in [0.15, 0.2) is 52.0 Å². The Morgan fingerprint density at radius 2 is 1.97 bits per heavy atom. The summed E-state index contributed by atoms with van der Waals surface area (Å²) in [6, 6.07) is 9.76. The number of aryl methyl sites for hydroxylation is 1. The number of anilines is 1. The number of hydrogen-bond acceptors (Lipinski definition) is 6. The smallest absolute Gasteiger partial charge is 0.261 e. The minimum atomic E-state index is -3.80. The molecule has 2 heterocycles. The van der Waals surface area contributed by atoms with E-state index in [1.54, 1.807) is 30.5 Å². The van der Waals surface area contributed by atoms with E-state index >= 15 is 0 Å². The molecule has 1 N–H and O–H groups in total. The fraction of sp³-hybridized carbons (Fsp3) is 0.333. The van der Waals surface area contributed by atoms with Crippen molar-refractivity contribution in [2.24, 2.45) is 0 Å². The second kappa shape index (κ2) is 8.85. The SMILES string of the molecule is Cc1ccc(S(=O)(=O)Nc2cc(OCCN3CCOCC3)c3occc3c2)cc1Cl. The number of benzene rings is 2. The Morgan fingerprint density at radius 3 is 2.73 bits per heavy atom. The van der Waals surface area contributed by atoms with Gasteiger partial charge in [0.1, 0.15) is 6.61 Å². The highest BCUT2D eigenvalue weighted by Gasteiger charge is 2.18. The van der Waals surface area contributed by atoms with Crippen LogP contribution in [0.1, 0.15) is 5.56 Å². The first kappa shape index (κ1) is 21.0. The number of hydrogen-bond donors (Lipinski definition) is 1. The molecule has 1 aliphatic heterocycles. The van der Waals surface area contributed by atoms with Crippen LogP contribution >= 0.6 is 11.6 Å². The third-order valence-electron chi connectivity index (χ3n) is 4.99. The van der Waals surface area contributed by atoms with E-state index in [4.69, 9.17) is 25.5 Å². The first-order valence-electron chi connectivity index (χ1n) is 9.65. The maximum atomic E-state index is 12.8. The van der Waals surface area contributed by atoms with Gasteiger partial charge in [0.05, 0.1) is 30.1 Å². The average molecular weight is 451 g/mol. The monoisotopic (exact) mass is 450 g/mol. The van der Waals surface area contributed by atoms with E-state index in [0.717, 1.165) is 43.8 Å². The molecule has 30 heavy (non-hydrogen) atoms. The molecule has 4 rings (SSSR count). The second-order valence-electron chi connectivity index (χ2n) is 7.13. The van der Waals surface area contributed by atoms with Crippen LogP contribution in [0, 0.1) is 6.92 Å². The normalized spacial score (nSPS) is 15.4. The largest absolute Gasteiger partial charge is 0.488 e. The Labute approximate surface area is 180 Å². The molecule has 0 bridgehead atoms. The number of nitrogens with zero attached hydrogens (tertiary/aromatic N) is 1. The van der Waals surface area contributed by atoms with Crippen LogP contribution in [0.2, 0.25) is 5.02 Å². The van der Waals surface area contributed by atoms with Gasteiger partial charge in [0, 0.05) is 36.1 Å². The molecule has 160 valence electrons. The molecule has 0 radical (unpaired) electrons. The van der Waals surface area contributed by atoms with E-state index in [1.807, 2.05) is 6.92 Å². The van der Waals surface area contributed by atoms with Gasteiger partial charge in [-0.2, -0.15) is 0 Å². The fourth-order valence-corrected chi connectivity index (χ4v) is 4.59. The molecule has 0 aliphatic carbocycles. The van der Waals surface area contributed by atoms with Crippen molar-refractivity contribution in [1.82, 2.24) is 4.90 Å². The zero-order valence-corrected chi connectivity index (χ0v) is 18.1. The maximum absolute atomic E-state index is 12.8. The van der Waals surface area contributed by atoms with Crippen molar-refractivity contribution in [3.05, 3.63) is 53.2 Å². The zero-order valence-electron chi connectivity index (χ0n) is 16.6. The molecule has 0 spiro atoms. The summed E-state index contributed by atoms with van der Waals surface area (Å²) in [6.45, 7) is 6.23. The van der Waals surface area contributed by atoms with Crippen molar-refractivity contribution < 1.29 is 22.3 Å². The Bertz CT molecular complexity index is 1140. The summed E-state index contributed by atoms with van der Waals surface area (Å²) in [6.07, 6.45) is 1.55. The molecular formula is C21H23ClN2O5S. The molecule has 2 aromatic carbocycles. The van der Waals surface area contributed by atoms with Gasteiger partial charge in [-0.3, -0.25) is 9.62 Å². The number of halogens is 1. The molecule has 0 amide bonds. The van der Waals surface area contributed by atoms with Gasteiger partial charge in [-0.05, 0) is 36.8 Å². The quantitative estimate of drug-likeness (QED) is 0.587. The van der Waals surface area contributed by atoms with Crippen molar-refractivity contribution in [3.8, 4) is 5.75 Å². The summed E-state index contributed by atoms with van der Waals surface area (Å²) in [4.78, 5) is 2.36. The Hall–Kier alpha value is -2.26. The number of sulfonamides is 1. The van der Waals surface area contributed by atoms with Crippen LogP contribution < -0.4 is 9.46 Å². The van der Waals surface area contributed by atoms with Crippen LogP contribution in [0.25, 0.3) is 11.0 Å². The molecule has 7 nitrogen and oxygen atoms in total. The van der Waals surface area contributed by atoms with Gasteiger partial charge < -0.3 is 13.9 Å². The van der Waals surface area contributed by atoms with E-state index in [-0.39, 0.29) is 4.90 Å². The van der Waals surface area contributed by atoms with Crippen molar-refractivity contribution >= 4 is 38.3 Å². The number of morpholine rings is 1. The topological polar surface area (TPSA) is 81.0 Å². The highest BCUT2D eigenvalue weighted by molar-refractivity contribution is 7.92. The lowest BCUT2D eigenvalue weighted by atomic mass is 10.2. The predicted molar refractivity (Wildman–Crippen MR) is 116 cm³/mol. The van der Waals surface area contributed by atoms with Gasteiger partial charge in [0.15, 0.2) is 11.3 Å². The van der Waals surface area contributed by atoms with Crippen LogP contribution in [0.5, 0.6) is 5.75 Å². The molecule has 0 unspecified atom stereocenters. The second-order valence-corrected chi connectivity index (χ2v) is 9.22. The lowest BCUT2D eigenvalue weighted by Gasteiger charge is -2.26. The number of furan rings is 1. The molecule has 1 fully saturated rings. The van der Waals surface area contributed by atoms with Crippen molar-refractivity contribution in [2.75, 3.05) is 44.2 Å². The van der Waals surface area contributed by atoms with Gasteiger partial charge in [0.25, 0.3) is 10.0 Å². The van der Waals surface area contributed by atoms with Crippen LogP contribution in [-0.2, 0) is 14.8 Å². The van der Waals surface area contributed by atoms with Crippen LogP contribution in [0.3, 0.4) is 0 Å². The van der Waals surface area contributed by atoms with Crippen molar-refractivity contribution in [3.63, 3.8) is 0 Å². The fourth-order valence-electron chi connectivity index (χ4n) is 3.28. The molecule has 0 saturated carbocycles. The van der Waals surface area contributed by atoms with Gasteiger partial charge >= 0.3 is 0 Å². The Kier molecular flexibility index (Phi) is 6.19. The summed E-state index contributed by atoms with van der Waals surface area (Å²) in [7, 11) is -3.80. The lowest BCUT2D eigenvalue weighted by molar-refractivity contribution is 0.0323. The van der Waals surface area contributed by atoms with E-state index < -0.39 is 10.0 Å². The third-order valence-corrected chi connectivity index (χ3v) is 6.78. The van der Waals surface area contributed by atoms with Crippen molar-refractivity contribution in [2.45, 2.75) is 11.8 Å². The third kappa shape index (κ3) is 4.73. The van der Waals surface area contributed by atoms with E-state index in [2.05, 4.69) is 9.62 Å². The van der Waals surface area contributed by atoms with Gasteiger partial charge in [-0.25, -0.2) is 8.42 Å². The molecule has 0 atom stereocenters. The molecule has 9 heteroatoms. The predicted octanol–water partition coefficient (Wildman–Crippen LogP) is 3.91. The summed E-state index contributed by atoms with van der Waals surface area (Å²) in [5, 5.41) is 1.15. The number of ether oxygens (including phenoxy) is 2. The Balaban J connectivity index is 1.53. The van der Waals surface area contributed by atoms with Gasteiger partial charge in [0.2, 0.25) is 0 Å². The highest BCUT2D eigenvalue weighted by Crippen LogP contribution is 2.32. The first-order chi connectivity index (χ1) is 14.4. The Morgan fingerprint density at radius 1 is 1.17 bits per heavy atom. The molecule has 1 saturated heterocycles. The lowest BCUT2D eigenvalue weighted by Crippen LogP contribution is -2.38. The number of rotatable bonds is 7. The average Bonchev–Trinajstić information content (AvgIpc) is 3.19. The molecule has 3 aromatic rings. The van der Waals surface area contributed by atoms with Gasteiger partial charge in [-0.1, -0.05) is 17.7 Å². The first-order valence-corrected chi connectivity index (χ1v) is 11.5. The highest BCUT2D eigenvalue weighted by atomic mass is 35.5. The molecule has 1 aliphatic rings. The number of fused-ring (bicyclic) bond motifs is 1. The molecule has 1 aromatic heterocycles. The van der Waals surface area contributed by atoms with E-state index in [0.29, 0.717) is 28.6 Å². The minimum absolute atomic E-state index is 0.0974. The van der Waals surface area contributed by atoms with Crippen molar-refractivity contribution in [1.29, 1.82) is 0 Å². The maximum Gasteiger partial charge on any atom is 0.261 e. The van der Waals surface area contributed by atoms with Gasteiger partial charge in [-0.15, -0.1) is 0 Å². The van der Waals surface area contributed by atoms with Crippen LogP contribution in [0.4, 0.5) is 5.69 Å². The minimum Gasteiger partial charge on any atom is -0.488 e. The standard InChI is InChI=1S/C21H23ClN2O5S/c1-15-2-3-18(14-19(15)22)30(25,26)23-17-12-16-4-8-29-21(16)20(13-17)28-11-7-24-5-9-27-10-6-24/h2-4,8,12-14,23H,5-7,9-11H2,1H3. The van der Waals surface area contributed by atoms with E-state index in [1.165, 1.54) is 12.1 Å². The summed E-state index contributed by atoms with van der Waals surface area (Å²) in [5.41, 5.74) is 1.78. The molecular weight excluding hydrogens is 428 g/mol. The number of nitrogens with one attached hydrogen (secondary N) is 1. The zero-order chi connectivity index (χ0) is 21.1. The summed E-state index contributed by atoms with van der Waals surface area (Å²) >= 11 is 6.10. The summed E-state index contributed by atoms with van der Waals surface area (Å²) in [5.74, 6) is 0.491.